The molecule has 0 aliphatic carbocycles. The number of hydrogen-bond donors (Lipinski definition) is 1. The number of halogens is 3. The second-order valence-corrected chi connectivity index (χ2v) is 10.5. The number of alkyl halides is 3. The van der Waals surface area contributed by atoms with Crippen LogP contribution in [0.4, 0.5) is 18.9 Å². The second kappa shape index (κ2) is 11.4. The van der Waals surface area contributed by atoms with Crippen LogP contribution in [0.3, 0.4) is 0 Å². The van der Waals surface area contributed by atoms with E-state index in [0.29, 0.717) is 44.7 Å². The minimum atomic E-state index is -4.55. The van der Waals surface area contributed by atoms with Gasteiger partial charge in [0.05, 0.1) is 41.4 Å². The summed E-state index contributed by atoms with van der Waals surface area (Å²) in [4.78, 5) is 31.1. The van der Waals surface area contributed by atoms with E-state index in [4.69, 9.17) is 0 Å². The molecule has 0 bridgehead atoms. The van der Waals surface area contributed by atoms with Crippen molar-refractivity contribution in [2.24, 2.45) is 0 Å². The molecule has 10 nitrogen and oxygen atoms in total. The van der Waals surface area contributed by atoms with Gasteiger partial charge in [-0.3, -0.25) is 19.2 Å². The predicted molar refractivity (Wildman–Crippen MR) is 138 cm³/mol. The van der Waals surface area contributed by atoms with Crippen LogP contribution in [0.15, 0.2) is 36.8 Å². The summed E-state index contributed by atoms with van der Waals surface area (Å²) in [6.45, 7) is 4.02. The van der Waals surface area contributed by atoms with Crippen LogP contribution in [0.2, 0.25) is 0 Å². The Labute approximate surface area is 227 Å². The van der Waals surface area contributed by atoms with Crippen LogP contribution < -0.4 is 5.32 Å². The molecule has 2 fully saturated rings. The van der Waals surface area contributed by atoms with E-state index in [9.17, 15) is 22.8 Å². The molecule has 0 unspecified atom stereocenters. The molecule has 14 heteroatoms. The summed E-state index contributed by atoms with van der Waals surface area (Å²) in [7, 11) is 2.00. The summed E-state index contributed by atoms with van der Waals surface area (Å²) >= 11 is 0.944. The van der Waals surface area contributed by atoms with Crippen molar-refractivity contribution >= 4 is 29.2 Å². The predicted octanol–water partition coefficient (Wildman–Crippen LogP) is 3.23. The fourth-order valence-electron chi connectivity index (χ4n) is 4.94. The highest BCUT2D eigenvalue weighted by molar-refractivity contribution is 6.99. The Morgan fingerprint density at radius 1 is 1.08 bits per heavy atom. The van der Waals surface area contributed by atoms with Gasteiger partial charge in [-0.15, -0.1) is 0 Å². The van der Waals surface area contributed by atoms with Crippen molar-refractivity contribution in [1.29, 1.82) is 0 Å². The van der Waals surface area contributed by atoms with Crippen LogP contribution in [-0.2, 0) is 12.7 Å². The largest absolute Gasteiger partial charge is 0.416 e. The molecule has 2 aliphatic rings. The van der Waals surface area contributed by atoms with E-state index in [1.165, 1.54) is 24.5 Å². The molecular weight excluding hydrogens is 533 g/mol. The zero-order valence-electron chi connectivity index (χ0n) is 21.4. The lowest BCUT2D eigenvalue weighted by Crippen LogP contribution is -2.44. The Morgan fingerprint density at radius 2 is 1.82 bits per heavy atom. The summed E-state index contributed by atoms with van der Waals surface area (Å²) in [5, 5.41) is 7.06. The number of likely N-dealkylation sites (tertiary alicyclic amines) is 1. The summed E-state index contributed by atoms with van der Waals surface area (Å²) in [5.41, 5.74) is 0.226. The number of nitrogens with zero attached hydrogens (tertiary/aromatic N) is 7. The number of piperidine rings is 1. The molecular formula is C25H29F3N8O2S. The van der Waals surface area contributed by atoms with Crippen LogP contribution in [0.25, 0.3) is 0 Å². The molecule has 1 N–H and O–H groups in total. The Hall–Kier alpha value is -3.36. The normalized spacial score (nSPS) is 17.9. The number of hydrogen-bond acceptors (Lipinski definition) is 8. The quantitative estimate of drug-likeness (QED) is 0.493. The molecule has 3 aromatic rings. The van der Waals surface area contributed by atoms with E-state index >= 15 is 0 Å². The van der Waals surface area contributed by atoms with Crippen molar-refractivity contribution < 1.29 is 22.8 Å². The first-order valence-electron chi connectivity index (χ1n) is 12.7. The molecule has 0 saturated carbocycles. The lowest BCUT2D eigenvalue weighted by atomic mass is 10.00. The Morgan fingerprint density at radius 3 is 2.49 bits per heavy atom. The number of anilines is 1. The third-order valence-corrected chi connectivity index (χ3v) is 7.71. The monoisotopic (exact) mass is 562 g/mol. The van der Waals surface area contributed by atoms with Gasteiger partial charge in [-0.1, -0.05) is 6.07 Å². The van der Waals surface area contributed by atoms with E-state index < -0.39 is 17.6 Å². The number of benzene rings is 1. The van der Waals surface area contributed by atoms with E-state index in [1.807, 2.05) is 11.9 Å². The molecule has 39 heavy (non-hydrogen) atoms. The summed E-state index contributed by atoms with van der Waals surface area (Å²) in [5.74, 6) is -0.785. The number of rotatable bonds is 6. The number of aromatic nitrogens is 4. The molecule has 2 aliphatic heterocycles. The minimum absolute atomic E-state index is 0.00246. The highest BCUT2D eigenvalue weighted by atomic mass is 32.1. The zero-order valence-corrected chi connectivity index (χ0v) is 22.2. The average Bonchev–Trinajstić information content (AvgIpc) is 3.62. The van der Waals surface area contributed by atoms with Gasteiger partial charge in [0.25, 0.3) is 11.8 Å². The van der Waals surface area contributed by atoms with E-state index in [1.54, 1.807) is 15.8 Å². The van der Waals surface area contributed by atoms with Crippen LogP contribution in [0.5, 0.6) is 0 Å². The molecule has 1 aromatic carbocycles. The fourth-order valence-corrected chi connectivity index (χ4v) is 5.35. The first-order chi connectivity index (χ1) is 18.7. The first-order valence-corrected chi connectivity index (χ1v) is 13.4. The summed E-state index contributed by atoms with van der Waals surface area (Å²) in [6.07, 6.45) is 1.27. The lowest BCUT2D eigenvalue weighted by Gasteiger charge is -2.33. The Balaban J connectivity index is 1.20. The second-order valence-electron chi connectivity index (χ2n) is 9.93. The maximum Gasteiger partial charge on any atom is 0.416 e. The minimum Gasteiger partial charge on any atom is -0.338 e. The highest BCUT2D eigenvalue weighted by Gasteiger charge is 2.35. The number of carbonyl (C=O) groups is 2. The van der Waals surface area contributed by atoms with Crippen LogP contribution in [0.1, 0.15) is 50.9 Å². The SMILES string of the molecule is CN1CCN(Cc2ccc(C(=O)N3CCC(n4cc(NC(=O)c5cnsn5)cn4)CC3)cc2C(F)(F)F)CC1. The fraction of sp³-hybridized carbons (Fsp3) is 0.480. The molecule has 0 spiro atoms. The van der Waals surface area contributed by atoms with Crippen molar-refractivity contribution in [2.45, 2.75) is 31.6 Å². The van der Waals surface area contributed by atoms with Crippen LogP contribution in [0, 0.1) is 0 Å². The van der Waals surface area contributed by atoms with Crippen molar-refractivity contribution in [3.05, 3.63) is 59.2 Å². The standard InChI is InChI=1S/C25H29F3N8O2S/c1-33-8-10-34(11-9-33)15-18-3-2-17(12-21(18)25(26,27)28)24(38)35-6-4-20(5-7-35)36-16-19(13-29-36)31-23(37)22-14-30-39-32-22/h2-3,12-14,16,20H,4-11,15H2,1H3,(H,31,37). The highest BCUT2D eigenvalue weighted by Crippen LogP contribution is 2.34. The van der Waals surface area contributed by atoms with E-state index in [0.717, 1.165) is 30.9 Å². The lowest BCUT2D eigenvalue weighted by molar-refractivity contribution is -0.138. The Kier molecular flexibility index (Phi) is 7.96. The van der Waals surface area contributed by atoms with Gasteiger partial charge in [-0.05, 0) is 37.6 Å². The molecule has 5 rings (SSSR count). The van der Waals surface area contributed by atoms with E-state index in [-0.39, 0.29) is 35.3 Å². The Bertz CT molecular complexity index is 1300. The van der Waals surface area contributed by atoms with Crippen LogP contribution in [-0.4, -0.2) is 91.4 Å². The van der Waals surface area contributed by atoms with Crippen molar-refractivity contribution in [3.8, 4) is 0 Å². The molecule has 208 valence electrons. The molecule has 0 atom stereocenters. The molecule has 4 heterocycles. The number of piperazine rings is 1. The number of amides is 2. The van der Waals surface area contributed by atoms with Gasteiger partial charge in [0.1, 0.15) is 0 Å². The smallest absolute Gasteiger partial charge is 0.338 e. The van der Waals surface area contributed by atoms with Gasteiger partial charge < -0.3 is 15.1 Å². The molecule has 2 saturated heterocycles. The van der Waals surface area contributed by atoms with Gasteiger partial charge in [0.2, 0.25) is 0 Å². The van der Waals surface area contributed by atoms with Crippen molar-refractivity contribution in [1.82, 2.24) is 33.2 Å². The number of likely N-dealkylation sites (N-methyl/N-ethyl adjacent to an activating group) is 1. The maximum absolute atomic E-state index is 14.0. The third-order valence-electron chi connectivity index (χ3n) is 7.23. The molecule has 2 aromatic heterocycles. The van der Waals surface area contributed by atoms with Crippen molar-refractivity contribution in [3.63, 3.8) is 0 Å². The van der Waals surface area contributed by atoms with Crippen LogP contribution >= 0.6 is 11.7 Å². The summed E-state index contributed by atoms with van der Waals surface area (Å²) < 4.78 is 51.3. The number of carbonyl (C=O) groups excluding carboxylic acids is 2. The third kappa shape index (κ3) is 6.45. The average molecular weight is 563 g/mol. The van der Waals surface area contributed by atoms with Gasteiger partial charge in [0.15, 0.2) is 5.69 Å². The molecule has 2 amide bonds. The summed E-state index contributed by atoms with van der Waals surface area (Å²) in [6, 6.07) is 3.95. The zero-order chi connectivity index (χ0) is 27.6. The van der Waals surface area contributed by atoms with E-state index in [2.05, 4.69) is 24.1 Å². The molecule has 0 radical (unpaired) electrons. The van der Waals surface area contributed by atoms with Gasteiger partial charge in [-0.25, -0.2) is 0 Å². The first kappa shape index (κ1) is 27.2. The van der Waals surface area contributed by atoms with Gasteiger partial charge in [-0.2, -0.15) is 27.0 Å². The van der Waals surface area contributed by atoms with Crippen molar-refractivity contribution in [2.75, 3.05) is 51.6 Å². The maximum atomic E-state index is 14.0. The van der Waals surface area contributed by atoms with Gasteiger partial charge in [0, 0.05) is 57.6 Å². The van der Waals surface area contributed by atoms with Gasteiger partial charge >= 0.3 is 6.18 Å². The number of nitrogens with one attached hydrogen (secondary N) is 1. The topological polar surface area (TPSA) is 99.5 Å².